The molecule has 3 rings (SSSR count). The minimum atomic E-state index is -3.94. The van der Waals surface area contributed by atoms with Gasteiger partial charge in [-0.05, 0) is 42.7 Å². The molecule has 1 N–H and O–H groups in total. The maximum absolute atomic E-state index is 14.0. The summed E-state index contributed by atoms with van der Waals surface area (Å²) in [4.78, 5) is 28.7. The lowest BCUT2D eigenvalue weighted by Gasteiger charge is -2.33. The second-order valence-corrected chi connectivity index (χ2v) is 11.2. The van der Waals surface area contributed by atoms with Gasteiger partial charge in [-0.15, -0.1) is 0 Å². The third kappa shape index (κ3) is 8.14. The fourth-order valence-corrected chi connectivity index (χ4v) is 4.90. The Morgan fingerprint density at radius 3 is 2.24 bits per heavy atom. The smallest absolute Gasteiger partial charge is 0.244 e. The molecule has 0 radical (unpaired) electrons. The van der Waals surface area contributed by atoms with Crippen molar-refractivity contribution in [2.75, 3.05) is 23.7 Å². The molecule has 0 spiro atoms. The lowest BCUT2D eigenvalue weighted by atomic mass is 10.0. The highest BCUT2D eigenvalue weighted by Gasteiger charge is 2.33. The number of rotatable bonds is 12. The molecule has 0 saturated heterocycles. The van der Waals surface area contributed by atoms with E-state index in [-0.39, 0.29) is 24.6 Å². The van der Waals surface area contributed by atoms with E-state index < -0.39 is 34.3 Å². The number of nitrogens with one attached hydrogen (secondary N) is 1. The molecule has 202 valence electrons. The Morgan fingerprint density at radius 1 is 0.947 bits per heavy atom. The van der Waals surface area contributed by atoms with Crippen LogP contribution in [0, 0.1) is 12.7 Å². The molecule has 9 heteroatoms. The molecule has 38 heavy (non-hydrogen) atoms. The predicted octanol–water partition coefficient (Wildman–Crippen LogP) is 4.07. The van der Waals surface area contributed by atoms with Gasteiger partial charge in [-0.1, -0.05) is 73.2 Å². The molecule has 0 saturated carbocycles. The number of anilines is 1. The summed E-state index contributed by atoms with van der Waals surface area (Å²) in [7, 11) is -3.94. The van der Waals surface area contributed by atoms with Crippen LogP contribution in [0.2, 0.25) is 0 Å². The highest BCUT2D eigenvalue weighted by atomic mass is 32.2. The fourth-order valence-electron chi connectivity index (χ4n) is 4.06. The van der Waals surface area contributed by atoms with E-state index in [9.17, 15) is 22.4 Å². The fraction of sp³-hybridized carbons (Fsp3) is 0.310. The van der Waals surface area contributed by atoms with Crippen LogP contribution in [0.3, 0.4) is 0 Å². The normalized spacial score (nSPS) is 12.0. The Hall–Kier alpha value is -3.72. The minimum Gasteiger partial charge on any atom is -0.354 e. The van der Waals surface area contributed by atoms with Crippen LogP contribution in [0.4, 0.5) is 10.1 Å². The SMILES string of the molecule is CCCNC(=O)C(Cc1ccccc1)N(Cc1ccc(C)cc1)C(=O)CN(c1cccc(F)c1)S(C)(=O)=O. The monoisotopic (exact) mass is 539 g/mol. The zero-order chi connectivity index (χ0) is 27.7. The van der Waals surface area contributed by atoms with Crippen molar-refractivity contribution in [3.8, 4) is 0 Å². The molecule has 0 heterocycles. The van der Waals surface area contributed by atoms with Gasteiger partial charge in [0.25, 0.3) is 0 Å². The molecule has 3 aromatic rings. The average molecular weight is 540 g/mol. The van der Waals surface area contributed by atoms with Crippen LogP contribution in [0.25, 0.3) is 0 Å². The van der Waals surface area contributed by atoms with Crippen molar-refractivity contribution in [1.29, 1.82) is 0 Å². The van der Waals surface area contributed by atoms with Crippen LogP contribution in [0.1, 0.15) is 30.0 Å². The zero-order valence-electron chi connectivity index (χ0n) is 21.9. The zero-order valence-corrected chi connectivity index (χ0v) is 22.7. The summed E-state index contributed by atoms with van der Waals surface area (Å²) in [6, 6.07) is 21.1. The van der Waals surface area contributed by atoms with Crippen LogP contribution >= 0.6 is 0 Å². The Balaban J connectivity index is 2.03. The number of hydrogen-bond donors (Lipinski definition) is 1. The third-order valence-corrected chi connectivity index (χ3v) is 7.21. The Bertz CT molecular complexity index is 1330. The molecule has 2 amide bonds. The van der Waals surface area contributed by atoms with E-state index in [1.807, 2.05) is 68.4 Å². The van der Waals surface area contributed by atoms with Gasteiger partial charge in [0.15, 0.2) is 0 Å². The van der Waals surface area contributed by atoms with Gasteiger partial charge in [-0.2, -0.15) is 0 Å². The molecule has 3 aromatic carbocycles. The first-order valence-electron chi connectivity index (χ1n) is 12.5. The molecule has 1 unspecified atom stereocenters. The molecule has 0 fully saturated rings. The van der Waals surface area contributed by atoms with E-state index in [0.717, 1.165) is 39.7 Å². The summed E-state index contributed by atoms with van der Waals surface area (Å²) < 4.78 is 40.2. The van der Waals surface area contributed by atoms with E-state index in [2.05, 4.69) is 5.32 Å². The topological polar surface area (TPSA) is 86.8 Å². The van der Waals surface area contributed by atoms with Gasteiger partial charge in [0.05, 0.1) is 11.9 Å². The first-order valence-corrected chi connectivity index (χ1v) is 14.3. The van der Waals surface area contributed by atoms with Crippen molar-refractivity contribution in [2.24, 2.45) is 0 Å². The van der Waals surface area contributed by atoms with Crippen LogP contribution < -0.4 is 9.62 Å². The van der Waals surface area contributed by atoms with Crippen molar-refractivity contribution in [3.63, 3.8) is 0 Å². The first-order chi connectivity index (χ1) is 18.1. The summed E-state index contributed by atoms with van der Waals surface area (Å²) in [6.45, 7) is 3.84. The minimum absolute atomic E-state index is 0.0335. The number of hydrogen-bond acceptors (Lipinski definition) is 4. The summed E-state index contributed by atoms with van der Waals surface area (Å²) in [5.74, 6) is -1.53. The van der Waals surface area contributed by atoms with Crippen molar-refractivity contribution in [3.05, 3.63) is 101 Å². The van der Waals surface area contributed by atoms with Gasteiger partial charge in [-0.3, -0.25) is 13.9 Å². The maximum atomic E-state index is 14.0. The lowest BCUT2D eigenvalue weighted by Crippen LogP contribution is -2.53. The summed E-state index contributed by atoms with van der Waals surface area (Å²) in [6.07, 6.45) is 1.93. The molecular weight excluding hydrogens is 505 g/mol. The number of nitrogens with zero attached hydrogens (tertiary/aromatic N) is 2. The van der Waals surface area contributed by atoms with Crippen LogP contribution in [0.15, 0.2) is 78.9 Å². The van der Waals surface area contributed by atoms with Gasteiger partial charge in [0, 0.05) is 19.5 Å². The van der Waals surface area contributed by atoms with E-state index in [0.29, 0.717) is 6.54 Å². The maximum Gasteiger partial charge on any atom is 0.244 e. The molecule has 1 atom stereocenters. The van der Waals surface area contributed by atoms with Crippen molar-refractivity contribution in [1.82, 2.24) is 10.2 Å². The average Bonchev–Trinajstić information content (AvgIpc) is 2.88. The molecule has 0 aliphatic carbocycles. The second-order valence-electron chi connectivity index (χ2n) is 9.25. The van der Waals surface area contributed by atoms with Crippen LogP contribution in [0.5, 0.6) is 0 Å². The van der Waals surface area contributed by atoms with Crippen LogP contribution in [-0.2, 0) is 32.6 Å². The van der Waals surface area contributed by atoms with Crippen molar-refractivity contribution < 1.29 is 22.4 Å². The highest BCUT2D eigenvalue weighted by molar-refractivity contribution is 7.92. The van der Waals surface area contributed by atoms with Gasteiger partial charge >= 0.3 is 0 Å². The number of sulfonamides is 1. The largest absolute Gasteiger partial charge is 0.354 e. The summed E-state index contributed by atoms with van der Waals surface area (Å²) in [5.41, 5.74) is 2.73. The first kappa shape index (κ1) is 28.8. The van der Waals surface area contributed by atoms with Gasteiger partial charge in [0.2, 0.25) is 21.8 Å². The number of benzene rings is 3. The molecular formula is C29H34FN3O4S. The van der Waals surface area contributed by atoms with E-state index in [1.54, 1.807) is 0 Å². The Morgan fingerprint density at radius 2 is 1.63 bits per heavy atom. The van der Waals surface area contributed by atoms with Gasteiger partial charge in [-0.25, -0.2) is 12.8 Å². The number of halogens is 1. The van der Waals surface area contributed by atoms with E-state index >= 15 is 0 Å². The van der Waals surface area contributed by atoms with E-state index in [1.165, 1.54) is 23.1 Å². The van der Waals surface area contributed by atoms with Crippen molar-refractivity contribution in [2.45, 2.75) is 39.3 Å². The number of amides is 2. The van der Waals surface area contributed by atoms with Gasteiger partial charge in [0.1, 0.15) is 18.4 Å². The van der Waals surface area contributed by atoms with Gasteiger partial charge < -0.3 is 10.2 Å². The quantitative estimate of drug-likeness (QED) is 0.376. The molecule has 0 bridgehead atoms. The summed E-state index contributed by atoms with van der Waals surface area (Å²) >= 11 is 0. The lowest BCUT2D eigenvalue weighted by molar-refractivity contribution is -0.140. The molecule has 0 aliphatic heterocycles. The third-order valence-electron chi connectivity index (χ3n) is 6.07. The number of carbonyl (C=O) groups excluding carboxylic acids is 2. The van der Waals surface area contributed by atoms with Crippen LogP contribution in [-0.4, -0.2) is 50.5 Å². The standard InChI is InChI=1S/C29H34FN3O4S/c1-4-17-31-29(35)27(18-23-9-6-5-7-10-23)32(20-24-15-13-22(2)14-16-24)28(34)21-33(38(3,36)37)26-12-8-11-25(30)19-26/h5-16,19,27H,4,17-18,20-21H2,1-3H3,(H,31,35). The summed E-state index contributed by atoms with van der Waals surface area (Å²) in [5, 5.41) is 2.89. The number of carbonyl (C=O) groups is 2. The molecule has 0 aliphatic rings. The Kier molecular flexibility index (Phi) is 10.0. The second kappa shape index (κ2) is 13.2. The molecule has 7 nitrogen and oxygen atoms in total. The highest BCUT2D eigenvalue weighted by Crippen LogP contribution is 2.21. The van der Waals surface area contributed by atoms with E-state index in [4.69, 9.17) is 0 Å². The van der Waals surface area contributed by atoms with Crippen molar-refractivity contribution >= 4 is 27.5 Å². The molecule has 0 aromatic heterocycles. The predicted molar refractivity (Wildman–Crippen MR) is 148 cm³/mol. The Labute approximate surface area is 224 Å². The number of aryl methyl sites for hydroxylation is 1.